The number of nitrogens with one attached hydrogen (secondary N) is 3. The minimum absolute atomic E-state index is 0.0561. The molecule has 0 unspecified atom stereocenters. The predicted octanol–water partition coefficient (Wildman–Crippen LogP) is 4.14. The van der Waals surface area contributed by atoms with Crippen LogP contribution in [0.25, 0.3) is 0 Å². The number of hydrogen-bond acceptors (Lipinski definition) is 8. The number of alkyl halides is 3. The second kappa shape index (κ2) is 11.8. The number of ether oxygens (including phenoxy) is 2. The lowest BCUT2D eigenvalue weighted by atomic mass is 9.95. The molecule has 2 amide bonds. The summed E-state index contributed by atoms with van der Waals surface area (Å²) in [7, 11) is 0. The lowest BCUT2D eigenvalue weighted by Crippen LogP contribution is -2.40. The van der Waals surface area contributed by atoms with Crippen LogP contribution < -0.4 is 20.2 Å². The van der Waals surface area contributed by atoms with E-state index in [1.165, 1.54) is 4.90 Å². The number of aromatic nitrogens is 2. The molecular formula is C27H28F3N5O5S. The molecule has 5 rings (SSSR count). The van der Waals surface area contributed by atoms with Gasteiger partial charge in [0.2, 0.25) is 0 Å². The summed E-state index contributed by atoms with van der Waals surface area (Å²) >= 11 is 0.920. The van der Waals surface area contributed by atoms with E-state index in [1.807, 2.05) is 0 Å². The van der Waals surface area contributed by atoms with E-state index >= 15 is 0 Å². The van der Waals surface area contributed by atoms with Gasteiger partial charge in [-0.05, 0) is 67.3 Å². The van der Waals surface area contributed by atoms with E-state index in [0.29, 0.717) is 40.5 Å². The SMILES string of the molecule is CCOC(=O)N1C[C@H](c2n[nH]c(=O)s2)[C@H](NC(=O)c2ccc(OCc3cc(C(F)(F)F)cc4c3CCCN4)cc2)C1. The summed E-state index contributed by atoms with van der Waals surface area (Å²) in [5, 5.41) is 12.8. The number of amides is 2. The Bertz CT molecular complexity index is 1470. The second-order valence-electron chi connectivity index (χ2n) is 9.74. The highest BCUT2D eigenvalue weighted by Crippen LogP contribution is 2.36. The Balaban J connectivity index is 1.26. The average Bonchev–Trinajstić information content (AvgIpc) is 3.57. The van der Waals surface area contributed by atoms with Crippen molar-refractivity contribution in [2.24, 2.45) is 0 Å². The monoisotopic (exact) mass is 591 g/mol. The van der Waals surface area contributed by atoms with Crippen molar-refractivity contribution in [1.82, 2.24) is 20.4 Å². The van der Waals surface area contributed by atoms with Gasteiger partial charge in [-0.15, -0.1) is 0 Å². The molecule has 0 aliphatic carbocycles. The van der Waals surface area contributed by atoms with Crippen molar-refractivity contribution in [2.45, 2.75) is 44.5 Å². The van der Waals surface area contributed by atoms with Gasteiger partial charge in [-0.1, -0.05) is 11.3 Å². The third-order valence-corrected chi connectivity index (χ3v) is 7.91. The van der Waals surface area contributed by atoms with Crippen LogP contribution in [0.4, 0.5) is 23.7 Å². The van der Waals surface area contributed by atoms with Crippen LogP contribution in [0.1, 0.15) is 51.3 Å². The number of benzene rings is 2. The van der Waals surface area contributed by atoms with Gasteiger partial charge in [0.15, 0.2) is 0 Å². The smallest absolute Gasteiger partial charge is 0.416 e. The summed E-state index contributed by atoms with van der Waals surface area (Å²) in [6.45, 7) is 2.87. The molecule has 3 N–H and O–H groups in total. The minimum atomic E-state index is -4.47. The molecule has 3 heterocycles. The quantitative estimate of drug-likeness (QED) is 0.377. The van der Waals surface area contributed by atoms with Gasteiger partial charge >= 0.3 is 17.1 Å². The molecule has 1 saturated heterocycles. The Kier molecular flexibility index (Phi) is 8.20. The van der Waals surface area contributed by atoms with Gasteiger partial charge in [0.1, 0.15) is 17.4 Å². The van der Waals surface area contributed by atoms with E-state index in [4.69, 9.17) is 9.47 Å². The lowest BCUT2D eigenvalue weighted by Gasteiger charge is -2.23. The fourth-order valence-corrected chi connectivity index (χ4v) is 5.81. The first-order chi connectivity index (χ1) is 19.6. The molecule has 218 valence electrons. The van der Waals surface area contributed by atoms with Crippen LogP contribution >= 0.6 is 11.3 Å². The molecule has 14 heteroatoms. The molecular weight excluding hydrogens is 563 g/mol. The van der Waals surface area contributed by atoms with Crippen LogP contribution in [-0.4, -0.2) is 59.4 Å². The number of H-pyrrole nitrogens is 1. The van der Waals surface area contributed by atoms with Crippen molar-refractivity contribution in [3.8, 4) is 5.75 Å². The number of fused-ring (bicyclic) bond motifs is 1. The molecule has 0 radical (unpaired) electrons. The average molecular weight is 592 g/mol. The van der Waals surface area contributed by atoms with Crippen LogP contribution in [0, 0.1) is 0 Å². The van der Waals surface area contributed by atoms with Crippen LogP contribution in [0.5, 0.6) is 5.75 Å². The number of hydrogen-bond donors (Lipinski definition) is 3. The van der Waals surface area contributed by atoms with Gasteiger partial charge < -0.3 is 25.0 Å². The number of halogens is 3. The number of aromatic amines is 1. The lowest BCUT2D eigenvalue weighted by molar-refractivity contribution is -0.137. The van der Waals surface area contributed by atoms with Crippen molar-refractivity contribution < 1.29 is 32.2 Å². The minimum Gasteiger partial charge on any atom is -0.489 e. The van der Waals surface area contributed by atoms with E-state index in [9.17, 15) is 27.6 Å². The van der Waals surface area contributed by atoms with E-state index in [0.717, 1.165) is 35.5 Å². The van der Waals surface area contributed by atoms with E-state index in [-0.39, 0.29) is 31.2 Å². The summed E-state index contributed by atoms with van der Waals surface area (Å²) in [6.07, 6.45) is -3.52. The van der Waals surface area contributed by atoms with Gasteiger partial charge in [0.25, 0.3) is 5.91 Å². The molecule has 3 aromatic rings. The zero-order valence-electron chi connectivity index (χ0n) is 22.0. The summed E-state index contributed by atoms with van der Waals surface area (Å²) in [5.74, 6) is -0.411. The molecule has 41 heavy (non-hydrogen) atoms. The summed E-state index contributed by atoms with van der Waals surface area (Å²) in [6, 6.07) is 8.00. The van der Waals surface area contributed by atoms with Gasteiger partial charge in [-0.3, -0.25) is 9.59 Å². The second-order valence-corrected chi connectivity index (χ2v) is 10.7. The fraction of sp³-hybridized carbons (Fsp3) is 0.407. The Hall–Kier alpha value is -4.07. The molecule has 2 aliphatic rings. The number of carbonyl (C=O) groups excluding carboxylic acids is 2. The third kappa shape index (κ3) is 6.47. The van der Waals surface area contributed by atoms with Crippen LogP contribution in [0.15, 0.2) is 41.2 Å². The Morgan fingerprint density at radius 2 is 1.98 bits per heavy atom. The molecule has 0 saturated carbocycles. The highest BCUT2D eigenvalue weighted by molar-refractivity contribution is 7.08. The van der Waals surface area contributed by atoms with Crippen LogP contribution in [0.3, 0.4) is 0 Å². The molecule has 0 spiro atoms. The van der Waals surface area contributed by atoms with Gasteiger partial charge in [0, 0.05) is 30.9 Å². The van der Waals surface area contributed by atoms with E-state index in [2.05, 4.69) is 20.8 Å². The summed E-state index contributed by atoms with van der Waals surface area (Å²) < 4.78 is 51.2. The maximum atomic E-state index is 13.4. The Labute approximate surface area is 236 Å². The standard InChI is InChI=1S/C27H28F3N5O5S/c1-2-39-26(38)35-12-20(24-33-34-25(37)41-24)22(13-35)32-23(36)15-5-7-18(8-6-15)40-14-16-10-17(27(28,29)30)11-21-19(16)4-3-9-31-21/h5-8,10-11,20,22,31H,2-4,9,12-14H2,1H3,(H,32,36)(H,34,37)/t20-,22+/m0/s1. The van der Waals surface area contributed by atoms with E-state index < -0.39 is 35.7 Å². The number of nitrogens with zero attached hydrogens (tertiary/aromatic N) is 2. The fourth-order valence-electron chi connectivity index (χ4n) is 5.05. The summed E-state index contributed by atoms with van der Waals surface area (Å²) in [4.78, 5) is 38.2. The molecule has 0 bridgehead atoms. The third-order valence-electron chi connectivity index (χ3n) is 7.03. The van der Waals surface area contributed by atoms with Crippen LogP contribution in [-0.2, 0) is 23.9 Å². The van der Waals surface area contributed by atoms with Crippen LogP contribution in [0.2, 0.25) is 0 Å². The maximum absolute atomic E-state index is 13.4. The first-order valence-corrected chi connectivity index (χ1v) is 13.9. The predicted molar refractivity (Wildman–Crippen MR) is 144 cm³/mol. The zero-order valence-corrected chi connectivity index (χ0v) is 22.9. The highest BCUT2D eigenvalue weighted by Gasteiger charge is 2.40. The molecule has 2 aromatic carbocycles. The maximum Gasteiger partial charge on any atom is 0.416 e. The van der Waals surface area contributed by atoms with Gasteiger partial charge in [-0.2, -0.15) is 18.3 Å². The Morgan fingerprint density at radius 1 is 1.20 bits per heavy atom. The van der Waals surface area contributed by atoms with Crippen molar-refractivity contribution in [2.75, 3.05) is 31.6 Å². The molecule has 2 aliphatic heterocycles. The number of carbonyl (C=O) groups is 2. The molecule has 1 aromatic heterocycles. The van der Waals surface area contributed by atoms with Crippen molar-refractivity contribution in [3.05, 3.63) is 73.3 Å². The number of rotatable bonds is 7. The molecule has 1 fully saturated rings. The largest absolute Gasteiger partial charge is 0.489 e. The summed E-state index contributed by atoms with van der Waals surface area (Å²) in [5.41, 5.74) is 1.34. The first-order valence-electron chi connectivity index (χ1n) is 13.1. The van der Waals surface area contributed by atoms with Crippen molar-refractivity contribution >= 4 is 29.0 Å². The normalized spacial score (nSPS) is 18.4. The van der Waals surface area contributed by atoms with E-state index in [1.54, 1.807) is 31.2 Å². The zero-order chi connectivity index (χ0) is 29.1. The number of likely N-dealkylation sites (tertiary alicyclic amines) is 1. The van der Waals surface area contributed by atoms with Gasteiger partial charge in [0.05, 0.1) is 24.1 Å². The van der Waals surface area contributed by atoms with Crippen molar-refractivity contribution in [3.63, 3.8) is 0 Å². The Morgan fingerprint density at radius 3 is 2.66 bits per heavy atom. The van der Waals surface area contributed by atoms with Crippen molar-refractivity contribution in [1.29, 1.82) is 0 Å². The first kappa shape index (κ1) is 28.5. The highest BCUT2D eigenvalue weighted by atomic mass is 32.1. The van der Waals surface area contributed by atoms with Gasteiger partial charge in [-0.25, -0.2) is 9.89 Å². The number of anilines is 1. The molecule has 10 nitrogen and oxygen atoms in total. The topological polar surface area (TPSA) is 126 Å². The molecule has 2 atom stereocenters.